The summed E-state index contributed by atoms with van der Waals surface area (Å²) in [6.45, 7) is 5.62. The lowest BCUT2D eigenvalue weighted by Crippen LogP contribution is -2.47. The van der Waals surface area contributed by atoms with Crippen molar-refractivity contribution in [2.75, 3.05) is 13.1 Å². The summed E-state index contributed by atoms with van der Waals surface area (Å²) in [5.41, 5.74) is 0. The molecule has 1 saturated carbocycles. The number of amides is 1. The Balaban J connectivity index is 2.10. The Labute approximate surface area is 167 Å². The van der Waals surface area contributed by atoms with Crippen LogP contribution < -0.4 is 10.0 Å². The van der Waals surface area contributed by atoms with Gasteiger partial charge < -0.3 is 5.32 Å². The van der Waals surface area contributed by atoms with E-state index in [1.165, 1.54) is 35.5 Å². The number of benzene rings is 1. The van der Waals surface area contributed by atoms with Crippen molar-refractivity contribution in [1.82, 2.24) is 14.3 Å². The first-order chi connectivity index (χ1) is 13.1. The molecule has 1 aromatic carbocycles. The Morgan fingerprint density at radius 3 is 2.04 bits per heavy atom. The van der Waals surface area contributed by atoms with E-state index in [1.54, 1.807) is 13.8 Å². The van der Waals surface area contributed by atoms with E-state index in [1.807, 2.05) is 0 Å². The van der Waals surface area contributed by atoms with Crippen molar-refractivity contribution in [1.29, 1.82) is 0 Å². The smallest absolute Gasteiger partial charge is 0.243 e. The zero-order chi connectivity index (χ0) is 20.9. The molecule has 0 heterocycles. The van der Waals surface area contributed by atoms with Crippen LogP contribution in [0, 0.1) is 0 Å². The van der Waals surface area contributed by atoms with Gasteiger partial charge in [-0.1, -0.05) is 26.7 Å². The predicted octanol–water partition coefficient (Wildman–Crippen LogP) is 1.44. The van der Waals surface area contributed by atoms with Crippen molar-refractivity contribution in [3.63, 3.8) is 0 Å². The molecule has 1 aromatic rings. The van der Waals surface area contributed by atoms with Crippen LogP contribution in [0.15, 0.2) is 34.1 Å². The van der Waals surface area contributed by atoms with E-state index in [4.69, 9.17) is 0 Å². The fraction of sp³-hybridized carbons (Fsp3) is 0.611. The zero-order valence-electron chi connectivity index (χ0n) is 16.5. The average molecular weight is 432 g/mol. The Morgan fingerprint density at radius 1 is 1.04 bits per heavy atom. The van der Waals surface area contributed by atoms with Gasteiger partial charge in [-0.2, -0.15) is 9.03 Å². The number of nitrogens with one attached hydrogen (secondary N) is 2. The second kappa shape index (κ2) is 9.34. The van der Waals surface area contributed by atoms with E-state index in [0.29, 0.717) is 13.1 Å². The number of rotatable bonds is 9. The highest BCUT2D eigenvalue weighted by Crippen LogP contribution is 2.19. The fourth-order valence-corrected chi connectivity index (χ4v) is 5.91. The fourth-order valence-electron chi connectivity index (χ4n) is 3.25. The monoisotopic (exact) mass is 431 g/mol. The topological polar surface area (TPSA) is 113 Å². The van der Waals surface area contributed by atoms with Crippen LogP contribution in [0.3, 0.4) is 0 Å². The molecule has 0 bridgehead atoms. The first-order valence-corrected chi connectivity index (χ1v) is 12.5. The van der Waals surface area contributed by atoms with Gasteiger partial charge in [-0.15, -0.1) is 0 Å². The predicted molar refractivity (Wildman–Crippen MR) is 107 cm³/mol. The lowest BCUT2D eigenvalue weighted by Gasteiger charge is -2.19. The van der Waals surface area contributed by atoms with Crippen molar-refractivity contribution >= 4 is 26.0 Å². The van der Waals surface area contributed by atoms with E-state index in [-0.39, 0.29) is 21.7 Å². The molecule has 0 radical (unpaired) electrons. The molecule has 0 aromatic heterocycles. The third-order valence-corrected chi connectivity index (χ3v) is 8.52. The lowest BCUT2D eigenvalue weighted by molar-refractivity contribution is -0.123. The van der Waals surface area contributed by atoms with Crippen LogP contribution in [0.25, 0.3) is 0 Å². The molecule has 10 heteroatoms. The lowest BCUT2D eigenvalue weighted by atomic mass is 10.2. The maximum absolute atomic E-state index is 12.5. The van der Waals surface area contributed by atoms with Gasteiger partial charge in [0, 0.05) is 19.1 Å². The molecular formula is C18H29N3O5S2. The average Bonchev–Trinajstić information content (AvgIpc) is 3.15. The normalized spacial score (nSPS) is 17.0. The van der Waals surface area contributed by atoms with Crippen LogP contribution in [0.5, 0.6) is 0 Å². The number of carbonyl (C=O) groups is 1. The van der Waals surface area contributed by atoms with Crippen LogP contribution in [0.1, 0.15) is 46.5 Å². The van der Waals surface area contributed by atoms with Gasteiger partial charge in [0.15, 0.2) is 0 Å². The summed E-state index contributed by atoms with van der Waals surface area (Å²) in [7, 11) is -7.61. The van der Waals surface area contributed by atoms with Gasteiger partial charge in [-0.05, 0) is 44.0 Å². The number of nitrogens with zero attached hydrogens (tertiary/aromatic N) is 1. The maximum atomic E-state index is 12.5. The molecule has 0 spiro atoms. The zero-order valence-corrected chi connectivity index (χ0v) is 18.1. The first kappa shape index (κ1) is 22.8. The second-order valence-electron chi connectivity index (χ2n) is 6.89. The number of hydrogen-bond acceptors (Lipinski definition) is 5. The minimum absolute atomic E-state index is 0.0298. The van der Waals surface area contributed by atoms with E-state index in [2.05, 4.69) is 10.0 Å². The minimum atomic E-state index is -3.95. The van der Waals surface area contributed by atoms with E-state index < -0.39 is 26.1 Å². The molecule has 1 aliphatic rings. The van der Waals surface area contributed by atoms with Crippen molar-refractivity contribution in [3.05, 3.63) is 24.3 Å². The molecule has 0 unspecified atom stereocenters. The molecule has 0 aliphatic heterocycles. The minimum Gasteiger partial charge on any atom is -0.352 e. The summed E-state index contributed by atoms with van der Waals surface area (Å²) in [4.78, 5) is 12.2. The first-order valence-electron chi connectivity index (χ1n) is 9.54. The molecule has 1 aliphatic carbocycles. The van der Waals surface area contributed by atoms with Gasteiger partial charge in [-0.3, -0.25) is 4.79 Å². The number of hydrogen-bond donors (Lipinski definition) is 2. The van der Waals surface area contributed by atoms with Crippen LogP contribution >= 0.6 is 0 Å². The van der Waals surface area contributed by atoms with Crippen molar-refractivity contribution in [2.45, 2.75) is 68.3 Å². The number of sulfonamides is 2. The van der Waals surface area contributed by atoms with Crippen LogP contribution in [0.4, 0.5) is 0 Å². The van der Waals surface area contributed by atoms with Gasteiger partial charge in [0.1, 0.15) is 0 Å². The largest absolute Gasteiger partial charge is 0.352 e. The summed E-state index contributed by atoms with van der Waals surface area (Å²) >= 11 is 0. The van der Waals surface area contributed by atoms with Crippen LogP contribution in [0.2, 0.25) is 0 Å². The quantitative estimate of drug-likeness (QED) is 0.614. The summed E-state index contributed by atoms with van der Waals surface area (Å²) in [6.07, 6.45) is 3.95. The molecule has 8 nitrogen and oxygen atoms in total. The van der Waals surface area contributed by atoms with Crippen molar-refractivity contribution < 1.29 is 21.6 Å². The summed E-state index contributed by atoms with van der Waals surface area (Å²) in [5, 5.41) is 2.86. The molecular weight excluding hydrogens is 402 g/mol. The highest BCUT2D eigenvalue weighted by atomic mass is 32.2. The third-order valence-electron chi connectivity index (χ3n) is 4.90. The third kappa shape index (κ3) is 5.31. The second-order valence-corrected chi connectivity index (χ2v) is 10.5. The summed E-state index contributed by atoms with van der Waals surface area (Å²) in [5.74, 6) is -0.365. The van der Waals surface area contributed by atoms with Crippen molar-refractivity contribution in [3.8, 4) is 0 Å². The van der Waals surface area contributed by atoms with E-state index >= 15 is 0 Å². The van der Waals surface area contributed by atoms with Gasteiger partial charge >= 0.3 is 0 Å². The van der Waals surface area contributed by atoms with Crippen LogP contribution in [-0.4, -0.2) is 52.2 Å². The molecule has 0 saturated heterocycles. The SMILES string of the molecule is CCN(CC)S(=O)(=O)c1ccc(S(=O)(=O)N[C@@H](C)C(=O)NC2CCCC2)cc1. The Kier molecular flexibility index (Phi) is 7.60. The maximum Gasteiger partial charge on any atom is 0.243 e. The Hall–Kier alpha value is -1.49. The van der Waals surface area contributed by atoms with Crippen LogP contribution in [-0.2, 0) is 24.8 Å². The standard InChI is InChI=1S/C18H29N3O5S2/c1-4-21(5-2)28(25,26)17-12-10-16(11-13-17)27(23,24)20-14(3)18(22)19-15-8-6-7-9-15/h10-15,20H,4-9H2,1-3H3,(H,19,22)/t14-/m0/s1. The molecule has 1 atom stereocenters. The Bertz CT molecular complexity index is 872. The Morgan fingerprint density at radius 2 is 1.54 bits per heavy atom. The molecule has 2 rings (SSSR count). The van der Waals surface area contributed by atoms with Gasteiger partial charge in [-0.25, -0.2) is 16.8 Å². The summed E-state index contributed by atoms with van der Waals surface area (Å²) < 4.78 is 53.7. The summed E-state index contributed by atoms with van der Waals surface area (Å²) in [6, 6.07) is 4.19. The molecule has 158 valence electrons. The van der Waals surface area contributed by atoms with Gasteiger partial charge in [0.2, 0.25) is 26.0 Å². The molecule has 1 amide bonds. The molecule has 28 heavy (non-hydrogen) atoms. The molecule has 1 fully saturated rings. The van der Waals surface area contributed by atoms with Gasteiger partial charge in [0.25, 0.3) is 0 Å². The van der Waals surface area contributed by atoms with E-state index in [9.17, 15) is 21.6 Å². The number of carbonyl (C=O) groups excluding carboxylic acids is 1. The van der Waals surface area contributed by atoms with Gasteiger partial charge in [0.05, 0.1) is 15.8 Å². The van der Waals surface area contributed by atoms with E-state index in [0.717, 1.165) is 25.7 Å². The van der Waals surface area contributed by atoms with Crippen molar-refractivity contribution in [2.24, 2.45) is 0 Å². The highest BCUT2D eigenvalue weighted by molar-refractivity contribution is 7.89. The highest BCUT2D eigenvalue weighted by Gasteiger charge is 2.26. The molecule has 2 N–H and O–H groups in total.